The predicted octanol–water partition coefficient (Wildman–Crippen LogP) is 1.95. The predicted molar refractivity (Wildman–Crippen MR) is 68.9 cm³/mol. The van der Waals surface area contributed by atoms with E-state index in [4.69, 9.17) is 10.2 Å². The molecule has 3 nitrogen and oxygen atoms in total. The van der Waals surface area contributed by atoms with Gasteiger partial charge < -0.3 is 10.2 Å². The van der Waals surface area contributed by atoms with Crippen LogP contribution in [0.25, 0.3) is 10.6 Å². The van der Waals surface area contributed by atoms with Crippen molar-refractivity contribution in [2.45, 2.75) is 6.42 Å². The van der Waals surface area contributed by atoms with E-state index in [9.17, 15) is 0 Å². The third kappa shape index (κ3) is 3.12. The standard InChI is InChI=1S/C13H15NO2S/c15-8-11(9-16)7-10-1-3-12(4-2-10)13-14-5-6-17-13/h1-6,11,15-16H,7-9H2. The van der Waals surface area contributed by atoms with Gasteiger partial charge in [0.2, 0.25) is 0 Å². The molecular weight excluding hydrogens is 234 g/mol. The molecule has 1 aromatic carbocycles. The first-order valence-electron chi connectivity index (χ1n) is 5.54. The second-order valence-electron chi connectivity index (χ2n) is 3.97. The van der Waals surface area contributed by atoms with Crippen LogP contribution in [0.1, 0.15) is 5.56 Å². The van der Waals surface area contributed by atoms with Crippen molar-refractivity contribution in [3.8, 4) is 10.6 Å². The van der Waals surface area contributed by atoms with Crippen molar-refractivity contribution < 1.29 is 10.2 Å². The van der Waals surface area contributed by atoms with Crippen LogP contribution in [0.15, 0.2) is 35.8 Å². The molecule has 90 valence electrons. The molecule has 4 heteroatoms. The van der Waals surface area contributed by atoms with Crippen LogP contribution in [-0.4, -0.2) is 28.4 Å². The SMILES string of the molecule is OCC(CO)Cc1ccc(-c2nccs2)cc1. The summed E-state index contributed by atoms with van der Waals surface area (Å²) in [6.45, 7) is 0.0372. The molecule has 0 aliphatic carbocycles. The maximum absolute atomic E-state index is 9.02. The number of aliphatic hydroxyl groups excluding tert-OH is 2. The van der Waals surface area contributed by atoms with Crippen molar-refractivity contribution >= 4 is 11.3 Å². The minimum Gasteiger partial charge on any atom is -0.396 e. The molecule has 17 heavy (non-hydrogen) atoms. The summed E-state index contributed by atoms with van der Waals surface area (Å²) < 4.78 is 0. The van der Waals surface area contributed by atoms with Gasteiger partial charge in [0.05, 0.1) is 0 Å². The monoisotopic (exact) mass is 249 g/mol. The van der Waals surface area contributed by atoms with Crippen LogP contribution < -0.4 is 0 Å². The lowest BCUT2D eigenvalue weighted by molar-refractivity contribution is 0.150. The molecule has 0 atom stereocenters. The average Bonchev–Trinajstić information content (AvgIpc) is 2.90. The van der Waals surface area contributed by atoms with Crippen molar-refractivity contribution in [3.63, 3.8) is 0 Å². The fraction of sp³-hybridized carbons (Fsp3) is 0.308. The van der Waals surface area contributed by atoms with Crippen LogP contribution in [0.3, 0.4) is 0 Å². The van der Waals surface area contributed by atoms with Gasteiger partial charge in [-0.3, -0.25) is 0 Å². The summed E-state index contributed by atoms with van der Waals surface area (Å²) in [6.07, 6.45) is 2.49. The van der Waals surface area contributed by atoms with Crippen LogP contribution >= 0.6 is 11.3 Å². The van der Waals surface area contributed by atoms with E-state index in [0.717, 1.165) is 16.1 Å². The average molecular weight is 249 g/mol. The van der Waals surface area contributed by atoms with E-state index in [1.54, 1.807) is 17.5 Å². The highest BCUT2D eigenvalue weighted by Gasteiger charge is 2.07. The van der Waals surface area contributed by atoms with Gasteiger partial charge in [-0.05, 0) is 12.0 Å². The topological polar surface area (TPSA) is 53.4 Å². The maximum atomic E-state index is 9.02. The number of benzene rings is 1. The highest BCUT2D eigenvalue weighted by molar-refractivity contribution is 7.13. The van der Waals surface area contributed by atoms with Gasteiger partial charge in [0.15, 0.2) is 0 Å². The van der Waals surface area contributed by atoms with Crippen LogP contribution in [0, 0.1) is 5.92 Å². The molecule has 0 saturated heterocycles. The summed E-state index contributed by atoms with van der Waals surface area (Å²) in [7, 11) is 0. The molecule has 1 aromatic heterocycles. The fourth-order valence-electron chi connectivity index (χ4n) is 1.67. The van der Waals surface area contributed by atoms with Crippen molar-refractivity contribution in [2.75, 3.05) is 13.2 Å². The molecule has 0 bridgehead atoms. The van der Waals surface area contributed by atoms with Crippen molar-refractivity contribution in [3.05, 3.63) is 41.4 Å². The van der Waals surface area contributed by atoms with E-state index in [-0.39, 0.29) is 19.1 Å². The lowest BCUT2D eigenvalue weighted by Gasteiger charge is -2.10. The van der Waals surface area contributed by atoms with E-state index >= 15 is 0 Å². The van der Waals surface area contributed by atoms with Gasteiger partial charge >= 0.3 is 0 Å². The molecule has 0 saturated carbocycles. The largest absolute Gasteiger partial charge is 0.396 e. The molecule has 0 unspecified atom stereocenters. The van der Waals surface area contributed by atoms with E-state index in [2.05, 4.69) is 4.98 Å². The van der Waals surface area contributed by atoms with Crippen LogP contribution in [0.5, 0.6) is 0 Å². The third-order valence-corrected chi connectivity index (χ3v) is 3.50. The van der Waals surface area contributed by atoms with Crippen molar-refractivity contribution in [1.82, 2.24) is 4.98 Å². The summed E-state index contributed by atoms with van der Waals surface area (Å²) in [5.41, 5.74) is 2.23. The zero-order valence-electron chi connectivity index (χ0n) is 9.41. The number of aromatic nitrogens is 1. The lowest BCUT2D eigenvalue weighted by Crippen LogP contribution is -2.13. The second kappa shape index (κ2) is 5.91. The first kappa shape index (κ1) is 12.2. The van der Waals surface area contributed by atoms with Gasteiger partial charge in [-0.1, -0.05) is 24.3 Å². The first-order valence-corrected chi connectivity index (χ1v) is 6.42. The van der Waals surface area contributed by atoms with Crippen LogP contribution in [-0.2, 0) is 6.42 Å². The molecular formula is C13H15NO2S. The summed E-state index contributed by atoms with van der Waals surface area (Å²) in [6, 6.07) is 8.10. The molecule has 0 radical (unpaired) electrons. The Morgan fingerprint density at radius 3 is 2.35 bits per heavy atom. The molecule has 0 fully saturated rings. The summed E-state index contributed by atoms with van der Waals surface area (Å²) >= 11 is 1.61. The molecule has 1 heterocycles. The molecule has 0 aliphatic rings. The quantitative estimate of drug-likeness (QED) is 0.851. The van der Waals surface area contributed by atoms with Crippen molar-refractivity contribution in [1.29, 1.82) is 0 Å². The van der Waals surface area contributed by atoms with E-state index in [1.165, 1.54) is 0 Å². The lowest BCUT2D eigenvalue weighted by atomic mass is 10.00. The summed E-state index contributed by atoms with van der Waals surface area (Å²) in [4.78, 5) is 4.25. The Morgan fingerprint density at radius 2 is 1.82 bits per heavy atom. The Bertz CT molecular complexity index is 435. The Morgan fingerprint density at radius 1 is 1.12 bits per heavy atom. The zero-order valence-corrected chi connectivity index (χ0v) is 10.2. The molecule has 0 aliphatic heterocycles. The van der Waals surface area contributed by atoms with E-state index in [0.29, 0.717) is 6.42 Å². The fourth-order valence-corrected chi connectivity index (χ4v) is 2.31. The smallest absolute Gasteiger partial charge is 0.123 e. The summed E-state index contributed by atoms with van der Waals surface area (Å²) in [5.74, 6) is -0.0688. The highest BCUT2D eigenvalue weighted by Crippen LogP contribution is 2.22. The van der Waals surface area contributed by atoms with Gasteiger partial charge in [-0.25, -0.2) is 4.98 Å². The van der Waals surface area contributed by atoms with Crippen molar-refractivity contribution in [2.24, 2.45) is 5.92 Å². The highest BCUT2D eigenvalue weighted by atomic mass is 32.1. The summed E-state index contributed by atoms with van der Waals surface area (Å²) in [5, 5.41) is 21.0. The zero-order chi connectivity index (χ0) is 12.1. The van der Waals surface area contributed by atoms with Gasteiger partial charge in [0.1, 0.15) is 5.01 Å². The molecule has 2 rings (SSSR count). The van der Waals surface area contributed by atoms with Crippen LogP contribution in [0.2, 0.25) is 0 Å². The van der Waals surface area contributed by atoms with Gasteiger partial charge in [-0.15, -0.1) is 11.3 Å². The van der Waals surface area contributed by atoms with E-state index < -0.39 is 0 Å². The second-order valence-corrected chi connectivity index (χ2v) is 4.86. The van der Waals surface area contributed by atoms with Gasteiger partial charge in [0, 0.05) is 36.3 Å². The Kier molecular flexibility index (Phi) is 4.25. The normalized spacial score (nSPS) is 11.0. The minimum atomic E-state index is -0.0688. The third-order valence-electron chi connectivity index (χ3n) is 2.67. The van der Waals surface area contributed by atoms with Gasteiger partial charge in [-0.2, -0.15) is 0 Å². The molecule has 2 N–H and O–H groups in total. The molecule has 0 spiro atoms. The maximum Gasteiger partial charge on any atom is 0.123 e. The number of hydrogen-bond donors (Lipinski definition) is 2. The van der Waals surface area contributed by atoms with E-state index in [1.807, 2.05) is 29.6 Å². The minimum absolute atomic E-state index is 0.0186. The Balaban J connectivity index is 2.08. The number of thiazole rings is 1. The first-order chi connectivity index (χ1) is 8.33. The number of rotatable bonds is 5. The number of aliphatic hydroxyl groups is 2. The molecule has 2 aromatic rings. The van der Waals surface area contributed by atoms with Crippen LogP contribution in [0.4, 0.5) is 0 Å². The number of hydrogen-bond acceptors (Lipinski definition) is 4. The Hall–Kier alpha value is -1.23. The molecule has 0 amide bonds. The van der Waals surface area contributed by atoms with Gasteiger partial charge in [0.25, 0.3) is 0 Å². The number of nitrogens with zero attached hydrogens (tertiary/aromatic N) is 1. The Labute approximate surface area is 104 Å².